The first kappa shape index (κ1) is 15.9. The van der Waals surface area contributed by atoms with Crippen LogP contribution in [-0.2, 0) is 10.0 Å². The van der Waals surface area contributed by atoms with Gasteiger partial charge in [0, 0.05) is 32.2 Å². The van der Waals surface area contributed by atoms with Gasteiger partial charge in [-0.3, -0.25) is 10.1 Å². The standard InChI is InChI=1S/C13H19N3O4S/c1-13(2)9-14-7-8-15(10-13)21(19,20)12-6-4-3-5-11(12)16(17)18/h3-6,14H,7-10H2,1-2H3. The van der Waals surface area contributed by atoms with Crippen LogP contribution in [0, 0.1) is 15.5 Å². The van der Waals surface area contributed by atoms with E-state index in [1.165, 1.54) is 28.6 Å². The molecule has 1 N–H and O–H groups in total. The number of hydrogen-bond acceptors (Lipinski definition) is 5. The summed E-state index contributed by atoms with van der Waals surface area (Å²) in [6.07, 6.45) is 0. The summed E-state index contributed by atoms with van der Waals surface area (Å²) in [4.78, 5) is 10.2. The van der Waals surface area contributed by atoms with Gasteiger partial charge >= 0.3 is 0 Å². The number of sulfonamides is 1. The first-order valence-corrected chi connectivity index (χ1v) is 8.12. The fourth-order valence-corrected chi connectivity index (χ4v) is 4.20. The van der Waals surface area contributed by atoms with E-state index in [-0.39, 0.29) is 16.0 Å². The van der Waals surface area contributed by atoms with Crippen LogP contribution in [0.2, 0.25) is 0 Å². The van der Waals surface area contributed by atoms with Crippen molar-refractivity contribution < 1.29 is 13.3 Å². The maximum atomic E-state index is 12.7. The van der Waals surface area contributed by atoms with Gasteiger partial charge in [-0.25, -0.2) is 8.42 Å². The van der Waals surface area contributed by atoms with E-state index in [4.69, 9.17) is 0 Å². The Kier molecular flexibility index (Phi) is 4.31. The monoisotopic (exact) mass is 313 g/mol. The average molecular weight is 313 g/mol. The van der Waals surface area contributed by atoms with Gasteiger partial charge in [-0.15, -0.1) is 0 Å². The molecule has 0 spiro atoms. The van der Waals surface area contributed by atoms with Crippen molar-refractivity contribution in [1.82, 2.24) is 9.62 Å². The van der Waals surface area contributed by atoms with E-state index < -0.39 is 14.9 Å². The number of nitrogens with zero attached hydrogens (tertiary/aromatic N) is 2. The SMILES string of the molecule is CC1(C)CNCCN(S(=O)(=O)c2ccccc2[N+](=O)[O-])C1. The predicted octanol–water partition coefficient (Wildman–Crippen LogP) is 1.21. The topological polar surface area (TPSA) is 92.6 Å². The maximum absolute atomic E-state index is 12.7. The second-order valence-corrected chi connectivity index (χ2v) is 7.81. The Morgan fingerprint density at radius 3 is 2.67 bits per heavy atom. The highest BCUT2D eigenvalue weighted by molar-refractivity contribution is 7.89. The summed E-state index contributed by atoms with van der Waals surface area (Å²) in [7, 11) is -3.88. The number of benzene rings is 1. The summed E-state index contributed by atoms with van der Waals surface area (Å²) in [5, 5.41) is 14.2. The van der Waals surface area contributed by atoms with Crippen LogP contribution < -0.4 is 5.32 Å². The molecule has 1 fully saturated rings. The van der Waals surface area contributed by atoms with Gasteiger partial charge in [-0.05, 0) is 11.5 Å². The summed E-state index contributed by atoms with van der Waals surface area (Å²) in [6, 6.07) is 5.47. The molecule has 0 atom stereocenters. The molecule has 1 aromatic rings. The Morgan fingerprint density at radius 1 is 1.33 bits per heavy atom. The van der Waals surface area contributed by atoms with Gasteiger partial charge in [0.05, 0.1) is 4.92 Å². The van der Waals surface area contributed by atoms with Gasteiger partial charge in [-0.2, -0.15) is 4.31 Å². The second kappa shape index (κ2) is 5.70. The Labute approximate surface area is 124 Å². The fourth-order valence-electron chi connectivity index (χ4n) is 2.41. The molecule has 116 valence electrons. The molecule has 0 radical (unpaired) electrons. The van der Waals surface area contributed by atoms with Crippen molar-refractivity contribution in [3.63, 3.8) is 0 Å². The summed E-state index contributed by atoms with van der Waals surface area (Å²) < 4.78 is 26.8. The Hall–Kier alpha value is -1.51. The van der Waals surface area contributed by atoms with E-state index in [2.05, 4.69) is 5.32 Å². The summed E-state index contributed by atoms with van der Waals surface area (Å²) in [5.74, 6) is 0. The zero-order valence-electron chi connectivity index (χ0n) is 12.1. The lowest BCUT2D eigenvalue weighted by Crippen LogP contribution is -2.39. The summed E-state index contributed by atoms with van der Waals surface area (Å²) >= 11 is 0. The van der Waals surface area contributed by atoms with Crippen molar-refractivity contribution >= 4 is 15.7 Å². The molecule has 1 aromatic carbocycles. The lowest BCUT2D eigenvalue weighted by molar-refractivity contribution is -0.387. The highest BCUT2D eigenvalue weighted by atomic mass is 32.2. The number of hydrogen-bond donors (Lipinski definition) is 1. The van der Waals surface area contributed by atoms with E-state index in [0.29, 0.717) is 26.2 Å². The lowest BCUT2D eigenvalue weighted by Gasteiger charge is -2.28. The lowest BCUT2D eigenvalue weighted by atomic mass is 9.94. The highest BCUT2D eigenvalue weighted by Crippen LogP contribution is 2.29. The van der Waals surface area contributed by atoms with E-state index in [1.807, 2.05) is 13.8 Å². The molecule has 1 aliphatic rings. The average Bonchev–Trinajstić information content (AvgIpc) is 2.60. The molecule has 0 bridgehead atoms. The number of nitro benzene ring substituents is 1. The molecule has 1 heterocycles. The molecular weight excluding hydrogens is 294 g/mol. The third-order valence-corrected chi connectivity index (χ3v) is 5.32. The molecule has 0 aliphatic carbocycles. The van der Waals surface area contributed by atoms with Crippen LogP contribution in [0.25, 0.3) is 0 Å². The zero-order valence-corrected chi connectivity index (χ0v) is 12.9. The minimum Gasteiger partial charge on any atom is -0.315 e. The van der Waals surface area contributed by atoms with Gasteiger partial charge in [0.2, 0.25) is 10.0 Å². The van der Waals surface area contributed by atoms with Crippen molar-refractivity contribution in [3.8, 4) is 0 Å². The van der Waals surface area contributed by atoms with E-state index >= 15 is 0 Å². The van der Waals surface area contributed by atoms with Gasteiger partial charge in [0.25, 0.3) is 5.69 Å². The minimum absolute atomic E-state index is 0.229. The van der Waals surface area contributed by atoms with E-state index in [0.717, 1.165) is 0 Å². The Bertz CT molecular complexity index is 643. The van der Waals surface area contributed by atoms with Crippen LogP contribution in [-0.4, -0.2) is 43.8 Å². The molecule has 1 aliphatic heterocycles. The normalized spacial score (nSPS) is 19.9. The van der Waals surface area contributed by atoms with Crippen LogP contribution in [0.15, 0.2) is 29.2 Å². The number of nitrogens with one attached hydrogen (secondary N) is 1. The van der Waals surface area contributed by atoms with Crippen molar-refractivity contribution in [2.24, 2.45) is 5.41 Å². The molecule has 0 saturated carbocycles. The molecule has 8 heteroatoms. The third-order valence-electron chi connectivity index (χ3n) is 3.43. The van der Waals surface area contributed by atoms with Crippen LogP contribution >= 0.6 is 0 Å². The predicted molar refractivity (Wildman–Crippen MR) is 78.5 cm³/mol. The van der Waals surface area contributed by atoms with E-state index in [9.17, 15) is 18.5 Å². The van der Waals surface area contributed by atoms with Gasteiger partial charge in [0.1, 0.15) is 0 Å². The van der Waals surface area contributed by atoms with Crippen molar-refractivity contribution in [3.05, 3.63) is 34.4 Å². The van der Waals surface area contributed by atoms with Crippen molar-refractivity contribution in [1.29, 1.82) is 0 Å². The number of para-hydroxylation sites is 1. The zero-order chi connectivity index (χ0) is 15.7. The largest absolute Gasteiger partial charge is 0.315 e. The fraction of sp³-hybridized carbons (Fsp3) is 0.538. The molecule has 1 saturated heterocycles. The second-order valence-electron chi connectivity index (χ2n) is 5.90. The molecule has 2 rings (SSSR count). The van der Waals surface area contributed by atoms with Crippen LogP contribution in [0.1, 0.15) is 13.8 Å². The molecule has 0 aromatic heterocycles. The smallest absolute Gasteiger partial charge is 0.289 e. The maximum Gasteiger partial charge on any atom is 0.289 e. The first-order valence-electron chi connectivity index (χ1n) is 6.68. The molecule has 21 heavy (non-hydrogen) atoms. The highest BCUT2D eigenvalue weighted by Gasteiger charge is 2.35. The van der Waals surface area contributed by atoms with Crippen LogP contribution in [0.5, 0.6) is 0 Å². The van der Waals surface area contributed by atoms with Crippen molar-refractivity contribution in [2.75, 3.05) is 26.2 Å². The molecule has 0 unspecified atom stereocenters. The molecule has 0 amide bonds. The van der Waals surface area contributed by atoms with E-state index in [1.54, 1.807) is 0 Å². The van der Waals surface area contributed by atoms with Gasteiger partial charge in [-0.1, -0.05) is 26.0 Å². The Balaban J connectivity index is 2.44. The molecular formula is C13H19N3O4S. The summed E-state index contributed by atoms with van der Waals surface area (Å²) in [6.45, 7) is 5.80. The third kappa shape index (κ3) is 3.39. The number of rotatable bonds is 3. The van der Waals surface area contributed by atoms with Crippen LogP contribution in [0.3, 0.4) is 0 Å². The van der Waals surface area contributed by atoms with Gasteiger partial charge in [0.15, 0.2) is 4.90 Å². The first-order chi connectivity index (χ1) is 9.74. The van der Waals surface area contributed by atoms with Gasteiger partial charge < -0.3 is 5.32 Å². The van der Waals surface area contributed by atoms with Crippen molar-refractivity contribution in [2.45, 2.75) is 18.7 Å². The van der Waals surface area contributed by atoms with Crippen LogP contribution in [0.4, 0.5) is 5.69 Å². The quantitative estimate of drug-likeness (QED) is 0.669. The molecule has 7 nitrogen and oxygen atoms in total. The minimum atomic E-state index is -3.88. The summed E-state index contributed by atoms with van der Waals surface area (Å²) in [5.41, 5.74) is -0.611. The Morgan fingerprint density at radius 2 is 2.00 bits per heavy atom. The number of nitro groups is 1.